The molecular formula is C16H14ClN3O3. The van der Waals surface area contributed by atoms with E-state index in [9.17, 15) is 4.79 Å². The molecule has 0 saturated carbocycles. The molecule has 118 valence electrons. The third-order valence-corrected chi connectivity index (χ3v) is 3.53. The Balaban J connectivity index is 1.89. The summed E-state index contributed by atoms with van der Waals surface area (Å²) in [5, 5.41) is 3.07. The maximum Gasteiger partial charge on any atom is 0.251 e. The van der Waals surface area contributed by atoms with E-state index in [1.807, 2.05) is 0 Å². The lowest BCUT2D eigenvalue weighted by Crippen LogP contribution is -2.26. The molecule has 23 heavy (non-hydrogen) atoms. The zero-order valence-electron chi connectivity index (χ0n) is 12.4. The number of aromatic nitrogens is 2. The van der Waals surface area contributed by atoms with Crippen LogP contribution < -0.4 is 5.32 Å². The summed E-state index contributed by atoms with van der Waals surface area (Å²) in [5.41, 5.74) is 2.26. The quantitative estimate of drug-likeness (QED) is 0.574. The Kier molecular flexibility index (Phi) is 4.55. The summed E-state index contributed by atoms with van der Waals surface area (Å²) < 4.78 is 10.6. The highest BCUT2D eigenvalue weighted by atomic mass is 35.5. The van der Waals surface area contributed by atoms with Gasteiger partial charge in [0.25, 0.3) is 5.91 Å². The van der Waals surface area contributed by atoms with E-state index in [1.165, 1.54) is 0 Å². The first kappa shape index (κ1) is 15.5. The number of methoxy groups -OCH3 is 1. The number of amides is 1. The molecule has 0 bridgehead atoms. The molecular weight excluding hydrogens is 318 g/mol. The van der Waals surface area contributed by atoms with Gasteiger partial charge in [0.15, 0.2) is 5.58 Å². The number of carbonyl (C=O) groups is 1. The zero-order chi connectivity index (χ0) is 16.2. The van der Waals surface area contributed by atoms with Crippen LogP contribution in [0.25, 0.3) is 22.6 Å². The Morgan fingerprint density at radius 3 is 3.04 bits per heavy atom. The number of pyridine rings is 1. The van der Waals surface area contributed by atoms with E-state index >= 15 is 0 Å². The van der Waals surface area contributed by atoms with Crippen LogP contribution in [0, 0.1) is 0 Å². The van der Waals surface area contributed by atoms with E-state index in [0.717, 1.165) is 0 Å². The Morgan fingerprint density at radius 2 is 2.26 bits per heavy atom. The number of nitrogens with zero attached hydrogens (tertiary/aromatic N) is 2. The van der Waals surface area contributed by atoms with Crippen LogP contribution in [0.15, 0.2) is 40.9 Å². The average molecular weight is 332 g/mol. The average Bonchev–Trinajstić information content (AvgIpc) is 2.98. The van der Waals surface area contributed by atoms with E-state index in [1.54, 1.807) is 43.6 Å². The maximum atomic E-state index is 12.0. The van der Waals surface area contributed by atoms with E-state index in [2.05, 4.69) is 15.3 Å². The highest BCUT2D eigenvalue weighted by molar-refractivity contribution is 6.31. The van der Waals surface area contributed by atoms with Gasteiger partial charge < -0.3 is 14.5 Å². The minimum absolute atomic E-state index is 0.193. The van der Waals surface area contributed by atoms with Crippen molar-refractivity contribution in [3.63, 3.8) is 0 Å². The van der Waals surface area contributed by atoms with Gasteiger partial charge in [0.2, 0.25) is 5.89 Å². The van der Waals surface area contributed by atoms with Crippen LogP contribution in [-0.4, -0.2) is 36.1 Å². The Labute approximate surface area is 137 Å². The van der Waals surface area contributed by atoms with Crippen molar-refractivity contribution in [2.24, 2.45) is 0 Å². The van der Waals surface area contributed by atoms with Gasteiger partial charge in [-0.2, -0.15) is 0 Å². The van der Waals surface area contributed by atoms with Crippen LogP contribution in [0.5, 0.6) is 0 Å². The summed E-state index contributed by atoms with van der Waals surface area (Å²) in [6.07, 6.45) is 1.59. The van der Waals surface area contributed by atoms with Gasteiger partial charge in [-0.05, 0) is 30.3 Å². The van der Waals surface area contributed by atoms with Crippen molar-refractivity contribution in [3.05, 3.63) is 47.2 Å². The summed E-state index contributed by atoms with van der Waals surface area (Å²) in [4.78, 5) is 20.4. The van der Waals surface area contributed by atoms with Crippen LogP contribution in [0.2, 0.25) is 5.15 Å². The SMILES string of the molecule is COCCNC(=O)c1ccc2nc(-c3cccnc3Cl)oc2c1. The maximum absolute atomic E-state index is 12.0. The van der Waals surface area contributed by atoms with Crippen molar-refractivity contribution < 1.29 is 13.9 Å². The van der Waals surface area contributed by atoms with Gasteiger partial charge in [0.1, 0.15) is 10.7 Å². The Bertz CT molecular complexity index is 847. The molecule has 1 N–H and O–H groups in total. The predicted molar refractivity (Wildman–Crippen MR) is 86.5 cm³/mol. The molecule has 0 aliphatic heterocycles. The number of hydrogen-bond donors (Lipinski definition) is 1. The molecule has 1 aromatic carbocycles. The summed E-state index contributed by atoms with van der Waals surface area (Å²) in [6, 6.07) is 8.61. The van der Waals surface area contributed by atoms with Crippen LogP contribution >= 0.6 is 11.6 Å². The number of rotatable bonds is 5. The second-order valence-electron chi connectivity index (χ2n) is 4.79. The molecule has 3 rings (SSSR count). The largest absolute Gasteiger partial charge is 0.436 e. The number of carbonyl (C=O) groups excluding carboxylic acids is 1. The van der Waals surface area contributed by atoms with Gasteiger partial charge >= 0.3 is 0 Å². The van der Waals surface area contributed by atoms with E-state index < -0.39 is 0 Å². The van der Waals surface area contributed by atoms with Gasteiger partial charge in [-0.25, -0.2) is 9.97 Å². The second-order valence-corrected chi connectivity index (χ2v) is 5.15. The molecule has 1 amide bonds. The molecule has 6 nitrogen and oxygen atoms in total. The molecule has 3 aromatic rings. The third-order valence-electron chi connectivity index (χ3n) is 3.23. The molecule has 0 radical (unpaired) electrons. The van der Waals surface area contributed by atoms with Crippen LogP contribution in [0.1, 0.15) is 10.4 Å². The first-order valence-electron chi connectivity index (χ1n) is 6.97. The Hall–Kier alpha value is -2.44. The number of hydrogen-bond acceptors (Lipinski definition) is 5. The molecule has 0 atom stereocenters. The molecule has 0 aliphatic rings. The number of fused-ring (bicyclic) bond motifs is 1. The first-order valence-corrected chi connectivity index (χ1v) is 7.35. The molecule has 0 spiro atoms. The fourth-order valence-corrected chi connectivity index (χ4v) is 2.30. The lowest BCUT2D eigenvalue weighted by atomic mass is 10.2. The fraction of sp³-hybridized carbons (Fsp3) is 0.188. The van der Waals surface area contributed by atoms with Crippen LogP contribution in [-0.2, 0) is 4.74 Å². The highest BCUT2D eigenvalue weighted by Crippen LogP contribution is 2.28. The van der Waals surface area contributed by atoms with Gasteiger partial charge in [-0.15, -0.1) is 0 Å². The van der Waals surface area contributed by atoms with Gasteiger partial charge in [-0.1, -0.05) is 11.6 Å². The van der Waals surface area contributed by atoms with Crippen molar-refractivity contribution >= 4 is 28.6 Å². The van der Waals surface area contributed by atoms with Crippen LogP contribution in [0.3, 0.4) is 0 Å². The van der Waals surface area contributed by atoms with Gasteiger partial charge in [0, 0.05) is 25.4 Å². The lowest BCUT2D eigenvalue weighted by Gasteiger charge is -2.03. The fourth-order valence-electron chi connectivity index (χ4n) is 2.10. The van der Waals surface area contributed by atoms with Crippen molar-refractivity contribution in [1.29, 1.82) is 0 Å². The van der Waals surface area contributed by atoms with Crippen LogP contribution in [0.4, 0.5) is 0 Å². The molecule has 2 aromatic heterocycles. The number of benzene rings is 1. The number of oxazole rings is 1. The summed E-state index contributed by atoms with van der Waals surface area (Å²) >= 11 is 6.05. The normalized spacial score (nSPS) is 10.9. The topological polar surface area (TPSA) is 77.2 Å². The zero-order valence-corrected chi connectivity index (χ0v) is 13.1. The van der Waals surface area contributed by atoms with Crippen molar-refractivity contribution in [2.75, 3.05) is 20.3 Å². The highest BCUT2D eigenvalue weighted by Gasteiger charge is 2.14. The van der Waals surface area contributed by atoms with E-state index in [-0.39, 0.29) is 5.91 Å². The van der Waals surface area contributed by atoms with E-state index in [0.29, 0.717) is 46.4 Å². The monoisotopic (exact) mass is 331 g/mol. The molecule has 2 heterocycles. The smallest absolute Gasteiger partial charge is 0.251 e. The Morgan fingerprint density at radius 1 is 1.39 bits per heavy atom. The summed E-state index contributed by atoms with van der Waals surface area (Å²) in [7, 11) is 1.58. The second kappa shape index (κ2) is 6.76. The lowest BCUT2D eigenvalue weighted by molar-refractivity contribution is 0.0937. The minimum atomic E-state index is -0.193. The van der Waals surface area contributed by atoms with Crippen molar-refractivity contribution in [2.45, 2.75) is 0 Å². The van der Waals surface area contributed by atoms with Crippen molar-refractivity contribution in [3.8, 4) is 11.5 Å². The number of nitrogens with one attached hydrogen (secondary N) is 1. The molecule has 0 fully saturated rings. The van der Waals surface area contributed by atoms with Crippen molar-refractivity contribution in [1.82, 2.24) is 15.3 Å². The first-order chi connectivity index (χ1) is 11.2. The van der Waals surface area contributed by atoms with E-state index in [4.69, 9.17) is 20.8 Å². The van der Waals surface area contributed by atoms with Gasteiger partial charge in [0.05, 0.1) is 12.2 Å². The molecule has 0 unspecified atom stereocenters. The number of ether oxygens (including phenoxy) is 1. The van der Waals surface area contributed by atoms with Gasteiger partial charge in [-0.3, -0.25) is 4.79 Å². The summed E-state index contributed by atoms with van der Waals surface area (Å²) in [6.45, 7) is 0.903. The molecule has 0 aliphatic carbocycles. The minimum Gasteiger partial charge on any atom is -0.436 e. The summed E-state index contributed by atoms with van der Waals surface area (Å²) in [5.74, 6) is 0.177. The molecule has 7 heteroatoms. The number of halogens is 1. The standard InChI is InChI=1S/C16H14ClN3O3/c1-22-8-7-19-15(21)10-4-5-12-13(9-10)23-16(20-12)11-3-2-6-18-14(11)17/h2-6,9H,7-8H2,1H3,(H,19,21). The third kappa shape index (κ3) is 3.33. The predicted octanol–water partition coefficient (Wildman–Crippen LogP) is 2.92. The molecule has 0 saturated heterocycles.